The van der Waals surface area contributed by atoms with Gasteiger partial charge in [0.15, 0.2) is 0 Å². The quantitative estimate of drug-likeness (QED) is 0.508. The van der Waals surface area contributed by atoms with Crippen LogP contribution in [0.3, 0.4) is 0 Å². The summed E-state index contributed by atoms with van der Waals surface area (Å²) in [4.78, 5) is 19.2. The lowest BCUT2D eigenvalue weighted by Crippen LogP contribution is -2.20. The van der Waals surface area contributed by atoms with Crippen LogP contribution in [0.4, 0.5) is 18.9 Å². The highest BCUT2D eigenvalue weighted by atomic mass is 32.2. The molecule has 11 heteroatoms. The summed E-state index contributed by atoms with van der Waals surface area (Å²) >= 11 is 0. The number of aryl methyl sites for hydroxylation is 1. The fraction of sp³-hybridized carbons (Fsp3) is 0.227. The third kappa shape index (κ3) is 6.28. The number of benzene rings is 2. The SMILES string of the molecule is COc1ccc(-c2cc(C(F)(F)F)nc(S(=O)(=O)CCC(=O)Nc3ccc(C)cc3)n2)cc1. The average Bonchev–Trinajstić information content (AvgIpc) is 2.78. The summed E-state index contributed by atoms with van der Waals surface area (Å²) in [6.07, 6.45) is -5.37. The minimum atomic E-state index is -4.89. The number of amides is 1. The van der Waals surface area contributed by atoms with Crippen molar-refractivity contribution in [2.75, 3.05) is 18.2 Å². The molecule has 0 aliphatic heterocycles. The van der Waals surface area contributed by atoms with Crippen LogP contribution in [0.5, 0.6) is 5.75 Å². The standard InChI is InChI=1S/C22H20F3N3O4S/c1-14-3-7-16(8-4-14)26-20(29)11-12-33(30,31)21-27-18(13-19(28-21)22(23,24)25)15-5-9-17(32-2)10-6-15/h3-10,13H,11-12H2,1-2H3,(H,26,29). The van der Waals surface area contributed by atoms with Gasteiger partial charge in [0.1, 0.15) is 11.4 Å². The molecule has 0 radical (unpaired) electrons. The van der Waals surface area contributed by atoms with Crippen molar-refractivity contribution in [3.63, 3.8) is 0 Å². The molecular weight excluding hydrogens is 459 g/mol. The van der Waals surface area contributed by atoms with Crippen LogP contribution in [0.1, 0.15) is 17.7 Å². The minimum Gasteiger partial charge on any atom is -0.497 e. The van der Waals surface area contributed by atoms with Crippen LogP contribution in [-0.4, -0.2) is 37.2 Å². The zero-order chi connectivity index (χ0) is 24.2. The van der Waals surface area contributed by atoms with Gasteiger partial charge in [0.05, 0.1) is 18.6 Å². The Morgan fingerprint density at radius 2 is 1.67 bits per heavy atom. The molecule has 0 saturated heterocycles. The molecule has 1 heterocycles. The summed E-state index contributed by atoms with van der Waals surface area (Å²) in [5, 5.41) is 1.55. The van der Waals surface area contributed by atoms with Gasteiger partial charge in [0.2, 0.25) is 20.9 Å². The maximum absolute atomic E-state index is 13.4. The summed E-state index contributed by atoms with van der Waals surface area (Å²) in [7, 11) is -2.96. The first-order valence-electron chi connectivity index (χ1n) is 9.68. The van der Waals surface area contributed by atoms with E-state index in [0.717, 1.165) is 5.56 Å². The number of hydrogen-bond acceptors (Lipinski definition) is 6. The van der Waals surface area contributed by atoms with Gasteiger partial charge >= 0.3 is 6.18 Å². The normalized spacial score (nSPS) is 11.8. The van der Waals surface area contributed by atoms with Gasteiger partial charge in [-0.25, -0.2) is 18.4 Å². The van der Waals surface area contributed by atoms with Crippen molar-refractivity contribution >= 4 is 21.4 Å². The van der Waals surface area contributed by atoms with Gasteiger partial charge in [-0.2, -0.15) is 13.2 Å². The summed E-state index contributed by atoms with van der Waals surface area (Å²) < 4.78 is 70.6. The number of nitrogens with one attached hydrogen (secondary N) is 1. The Morgan fingerprint density at radius 3 is 2.24 bits per heavy atom. The van der Waals surface area contributed by atoms with Crippen molar-refractivity contribution < 1.29 is 31.1 Å². The van der Waals surface area contributed by atoms with Crippen molar-refractivity contribution in [3.8, 4) is 17.0 Å². The first-order chi connectivity index (χ1) is 15.5. The molecular formula is C22H20F3N3O4S. The lowest BCUT2D eigenvalue weighted by Gasteiger charge is -2.11. The van der Waals surface area contributed by atoms with E-state index in [1.165, 1.54) is 31.4 Å². The topological polar surface area (TPSA) is 98.2 Å². The Bertz CT molecular complexity index is 1240. The van der Waals surface area contributed by atoms with E-state index in [2.05, 4.69) is 15.3 Å². The molecule has 1 N–H and O–H groups in total. The first kappa shape index (κ1) is 24.2. The average molecular weight is 479 g/mol. The highest BCUT2D eigenvalue weighted by Crippen LogP contribution is 2.31. The minimum absolute atomic E-state index is 0.220. The van der Waals surface area contributed by atoms with Crippen molar-refractivity contribution in [2.24, 2.45) is 0 Å². The van der Waals surface area contributed by atoms with E-state index in [-0.39, 0.29) is 11.3 Å². The molecule has 0 fully saturated rings. The van der Waals surface area contributed by atoms with Gasteiger partial charge in [-0.15, -0.1) is 0 Å². The predicted octanol–water partition coefficient (Wildman–Crippen LogP) is 4.28. The van der Waals surface area contributed by atoms with Gasteiger partial charge in [-0.1, -0.05) is 17.7 Å². The maximum Gasteiger partial charge on any atom is 0.433 e. The highest BCUT2D eigenvalue weighted by Gasteiger charge is 2.35. The molecule has 0 atom stereocenters. The Hall–Kier alpha value is -3.47. The molecule has 3 aromatic rings. The van der Waals surface area contributed by atoms with Crippen LogP contribution in [-0.2, 0) is 20.8 Å². The molecule has 2 aromatic carbocycles. The zero-order valence-electron chi connectivity index (χ0n) is 17.7. The molecule has 0 aliphatic carbocycles. The van der Waals surface area contributed by atoms with E-state index in [4.69, 9.17) is 4.74 Å². The summed E-state index contributed by atoms with van der Waals surface area (Å²) in [5.74, 6) is -0.894. The molecule has 1 amide bonds. The number of rotatable bonds is 7. The van der Waals surface area contributed by atoms with Crippen LogP contribution < -0.4 is 10.1 Å². The number of aromatic nitrogens is 2. The van der Waals surface area contributed by atoms with Crippen molar-refractivity contribution in [1.82, 2.24) is 9.97 Å². The van der Waals surface area contributed by atoms with Crippen LogP contribution in [0.2, 0.25) is 0 Å². The van der Waals surface area contributed by atoms with Gasteiger partial charge in [-0.3, -0.25) is 4.79 Å². The second-order valence-corrected chi connectivity index (χ2v) is 9.13. The van der Waals surface area contributed by atoms with E-state index in [1.807, 2.05) is 6.92 Å². The van der Waals surface area contributed by atoms with E-state index in [0.29, 0.717) is 17.5 Å². The predicted molar refractivity (Wildman–Crippen MR) is 116 cm³/mol. The van der Waals surface area contributed by atoms with Crippen LogP contribution in [0.25, 0.3) is 11.3 Å². The third-order valence-corrected chi connectivity index (χ3v) is 6.07. The van der Waals surface area contributed by atoms with Crippen LogP contribution in [0, 0.1) is 6.92 Å². The number of anilines is 1. The second-order valence-electron chi connectivity index (χ2n) is 7.13. The van der Waals surface area contributed by atoms with Crippen LogP contribution >= 0.6 is 0 Å². The number of sulfone groups is 1. The summed E-state index contributed by atoms with van der Waals surface area (Å²) in [6.45, 7) is 1.87. The molecule has 0 unspecified atom stereocenters. The Kier molecular flexibility index (Phi) is 7.01. The number of hydrogen-bond donors (Lipinski definition) is 1. The lowest BCUT2D eigenvalue weighted by molar-refractivity contribution is -0.141. The number of carbonyl (C=O) groups excluding carboxylic acids is 1. The number of carbonyl (C=O) groups is 1. The van der Waals surface area contributed by atoms with E-state index >= 15 is 0 Å². The van der Waals surface area contributed by atoms with Gasteiger partial charge in [0, 0.05) is 17.7 Å². The third-order valence-electron chi connectivity index (χ3n) is 4.59. The largest absolute Gasteiger partial charge is 0.497 e. The Balaban J connectivity index is 1.85. The van der Waals surface area contributed by atoms with Crippen LogP contribution in [0.15, 0.2) is 59.8 Å². The lowest BCUT2D eigenvalue weighted by atomic mass is 10.1. The summed E-state index contributed by atoms with van der Waals surface area (Å²) in [6, 6.07) is 13.4. The van der Waals surface area contributed by atoms with Gasteiger partial charge in [-0.05, 0) is 49.4 Å². The van der Waals surface area contributed by atoms with E-state index in [1.54, 1.807) is 24.3 Å². The molecule has 0 spiro atoms. The zero-order valence-corrected chi connectivity index (χ0v) is 18.5. The monoisotopic (exact) mass is 479 g/mol. The number of halogens is 3. The molecule has 0 bridgehead atoms. The molecule has 3 rings (SSSR count). The highest BCUT2D eigenvalue weighted by molar-refractivity contribution is 7.91. The molecule has 0 saturated carbocycles. The number of nitrogens with zero attached hydrogens (tertiary/aromatic N) is 2. The molecule has 0 aliphatic rings. The summed E-state index contributed by atoms with van der Waals surface area (Å²) in [5.41, 5.74) is 0.0796. The number of ether oxygens (including phenoxy) is 1. The fourth-order valence-electron chi connectivity index (χ4n) is 2.80. The first-order valence-corrected chi connectivity index (χ1v) is 11.3. The Morgan fingerprint density at radius 1 is 1.03 bits per heavy atom. The van der Waals surface area contributed by atoms with Crippen molar-refractivity contribution in [3.05, 3.63) is 65.9 Å². The maximum atomic E-state index is 13.4. The number of alkyl halides is 3. The Labute approximate surface area is 188 Å². The molecule has 1 aromatic heterocycles. The van der Waals surface area contributed by atoms with E-state index in [9.17, 15) is 26.4 Å². The smallest absolute Gasteiger partial charge is 0.433 e. The van der Waals surface area contributed by atoms with Crippen molar-refractivity contribution in [2.45, 2.75) is 24.7 Å². The van der Waals surface area contributed by atoms with E-state index < -0.39 is 44.9 Å². The second kappa shape index (κ2) is 9.57. The molecule has 7 nitrogen and oxygen atoms in total. The molecule has 33 heavy (non-hydrogen) atoms. The van der Waals surface area contributed by atoms with Gasteiger partial charge in [0.25, 0.3) is 0 Å². The molecule has 174 valence electrons. The fourth-order valence-corrected chi connectivity index (χ4v) is 3.91. The number of methoxy groups -OCH3 is 1. The van der Waals surface area contributed by atoms with Gasteiger partial charge < -0.3 is 10.1 Å². The van der Waals surface area contributed by atoms with Crippen molar-refractivity contribution in [1.29, 1.82) is 0 Å².